The summed E-state index contributed by atoms with van der Waals surface area (Å²) in [4.78, 5) is 59.5. The number of amides is 3. The first-order valence-corrected chi connectivity index (χ1v) is 12.4. The van der Waals surface area contributed by atoms with Crippen LogP contribution in [0.25, 0.3) is 0 Å². The standard InChI is InChI=1S/C22H36N6O7S/c1-20(2,3)33-17(31)22(7,8)35-28-14(16(30)26-13-11(9-23)24-15(13)29)12-10-36-18(25-12)27-19(32)34-21(4,5)6/h11-13H,9-10,23H2,1-8H3,(H,24,29)(H,26,30)(H,25,27,32)/b28-14-/t11-,12?,13+/m1/s1. The fourth-order valence-electron chi connectivity index (χ4n) is 2.85. The van der Waals surface area contributed by atoms with Crippen molar-refractivity contribution in [3.63, 3.8) is 0 Å². The second-order valence-electron chi connectivity index (χ2n) is 10.8. The number of thioether (sulfide) groups is 1. The molecule has 0 saturated carbocycles. The van der Waals surface area contributed by atoms with Crippen LogP contribution in [-0.4, -0.2) is 82.0 Å². The molecule has 0 aliphatic carbocycles. The van der Waals surface area contributed by atoms with Crippen molar-refractivity contribution in [3.8, 4) is 0 Å². The molecule has 0 radical (unpaired) electrons. The average Bonchev–Trinajstić information content (AvgIpc) is 3.15. The molecule has 36 heavy (non-hydrogen) atoms. The van der Waals surface area contributed by atoms with E-state index in [2.05, 4.69) is 26.1 Å². The highest BCUT2D eigenvalue weighted by molar-refractivity contribution is 8.14. The van der Waals surface area contributed by atoms with Crippen molar-refractivity contribution in [2.45, 2.75) is 90.3 Å². The smallest absolute Gasteiger partial charge is 0.413 e. The van der Waals surface area contributed by atoms with Crippen molar-refractivity contribution < 1.29 is 33.5 Å². The molecular weight excluding hydrogens is 492 g/mol. The minimum Gasteiger partial charge on any atom is -0.457 e. The summed E-state index contributed by atoms with van der Waals surface area (Å²) in [6.07, 6.45) is -0.698. The van der Waals surface area contributed by atoms with Crippen LogP contribution in [-0.2, 0) is 28.7 Å². The molecule has 0 aromatic carbocycles. The molecule has 0 spiro atoms. The Balaban J connectivity index is 2.24. The van der Waals surface area contributed by atoms with Gasteiger partial charge in [0, 0.05) is 12.3 Å². The molecule has 14 heteroatoms. The summed E-state index contributed by atoms with van der Waals surface area (Å²) in [6.45, 7) is 13.3. The van der Waals surface area contributed by atoms with Crippen molar-refractivity contribution in [3.05, 3.63) is 0 Å². The first-order chi connectivity index (χ1) is 16.4. The summed E-state index contributed by atoms with van der Waals surface area (Å²) in [5, 5.41) is 11.9. The Bertz CT molecular complexity index is 952. The van der Waals surface area contributed by atoms with E-state index in [0.717, 1.165) is 0 Å². The normalized spacial score (nSPS) is 22.6. The van der Waals surface area contributed by atoms with Gasteiger partial charge < -0.3 is 30.7 Å². The minimum absolute atomic E-state index is 0.132. The van der Waals surface area contributed by atoms with E-state index >= 15 is 0 Å². The van der Waals surface area contributed by atoms with Crippen LogP contribution in [0.4, 0.5) is 4.79 Å². The molecule has 0 aromatic rings. The Hall–Kier alpha value is -2.87. The van der Waals surface area contributed by atoms with Crippen molar-refractivity contribution in [1.29, 1.82) is 0 Å². The quantitative estimate of drug-likeness (QED) is 0.157. The molecule has 0 bridgehead atoms. The van der Waals surface area contributed by atoms with Crippen molar-refractivity contribution >= 4 is 46.5 Å². The van der Waals surface area contributed by atoms with Crippen molar-refractivity contribution in [1.82, 2.24) is 16.0 Å². The fraction of sp³-hybridized carbons (Fsp3) is 0.727. The monoisotopic (exact) mass is 528 g/mol. The van der Waals surface area contributed by atoms with Crippen LogP contribution in [0.15, 0.2) is 10.1 Å². The third-order valence-electron chi connectivity index (χ3n) is 4.62. The van der Waals surface area contributed by atoms with Gasteiger partial charge >= 0.3 is 12.1 Å². The molecular formula is C22H36N6O7S. The molecule has 2 aliphatic heterocycles. The lowest BCUT2D eigenvalue weighted by molar-refractivity contribution is -0.179. The molecule has 1 unspecified atom stereocenters. The maximum atomic E-state index is 13.1. The Morgan fingerprint density at radius 3 is 2.25 bits per heavy atom. The number of aliphatic imine (C=N–C) groups is 1. The zero-order valence-corrected chi connectivity index (χ0v) is 22.7. The number of nitrogens with one attached hydrogen (secondary N) is 3. The Morgan fingerprint density at radius 2 is 1.72 bits per heavy atom. The molecule has 2 heterocycles. The van der Waals surface area contributed by atoms with E-state index in [0.29, 0.717) is 0 Å². The summed E-state index contributed by atoms with van der Waals surface area (Å²) >= 11 is 1.17. The Labute approximate surface area is 214 Å². The number of β-lactam (4-membered cyclic amide) rings is 1. The molecule has 1 saturated heterocycles. The summed E-state index contributed by atoms with van der Waals surface area (Å²) in [6, 6.07) is -2.11. The van der Waals surface area contributed by atoms with Gasteiger partial charge in [-0.05, 0) is 55.4 Å². The molecule has 3 atom stereocenters. The molecule has 0 aromatic heterocycles. The summed E-state index contributed by atoms with van der Waals surface area (Å²) < 4.78 is 10.6. The number of esters is 1. The van der Waals surface area contributed by atoms with E-state index in [9.17, 15) is 19.2 Å². The number of carbonyl (C=O) groups is 4. The topological polar surface area (TPSA) is 183 Å². The SMILES string of the molecule is CC(C)(C)OC(=O)NC1=NC(/C(=N/OC(C)(C)C(=O)OC(C)(C)C)C(=O)N[C@@H]2C(=O)N[C@@H]2CN)CS1. The van der Waals surface area contributed by atoms with E-state index in [1.165, 1.54) is 25.6 Å². The molecule has 5 N–H and O–H groups in total. The van der Waals surface area contributed by atoms with Gasteiger partial charge in [0.05, 0.1) is 6.04 Å². The number of alkyl carbamates (subject to hydrolysis) is 1. The number of oxime groups is 1. The van der Waals surface area contributed by atoms with Gasteiger partial charge in [0.25, 0.3) is 5.91 Å². The lowest BCUT2D eigenvalue weighted by Crippen LogP contribution is -2.72. The molecule has 13 nitrogen and oxygen atoms in total. The van der Waals surface area contributed by atoms with Crippen molar-refractivity contribution in [2.75, 3.05) is 12.3 Å². The number of carbonyl (C=O) groups excluding carboxylic acids is 4. The lowest BCUT2D eigenvalue weighted by Gasteiger charge is -2.36. The van der Waals surface area contributed by atoms with Gasteiger partial charge in [-0.25, -0.2) is 9.59 Å². The first-order valence-electron chi connectivity index (χ1n) is 11.4. The van der Waals surface area contributed by atoms with Gasteiger partial charge in [-0.2, -0.15) is 0 Å². The summed E-state index contributed by atoms with van der Waals surface area (Å²) in [7, 11) is 0. The van der Waals surface area contributed by atoms with E-state index in [4.69, 9.17) is 20.0 Å². The van der Waals surface area contributed by atoms with Crippen molar-refractivity contribution in [2.24, 2.45) is 15.9 Å². The van der Waals surface area contributed by atoms with E-state index in [1.54, 1.807) is 41.5 Å². The molecule has 202 valence electrons. The second-order valence-corrected chi connectivity index (χ2v) is 11.8. The van der Waals surface area contributed by atoms with Crippen LogP contribution in [0.3, 0.4) is 0 Å². The number of rotatable bonds is 7. The zero-order chi connectivity index (χ0) is 27.5. The average molecular weight is 529 g/mol. The minimum atomic E-state index is -1.53. The Kier molecular flexibility index (Phi) is 9.00. The highest BCUT2D eigenvalue weighted by Gasteiger charge is 2.42. The van der Waals surface area contributed by atoms with Crippen LogP contribution in [0.1, 0.15) is 55.4 Å². The first kappa shape index (κ1) is 29.4. The number of hydrogen-bond donors (Lipinski definition) is 4. The van der Waals surface area contributed by atoms with Gasteiger partial charge in [0.15, 0.2) is 10.9 Å². The molecule has 3 amide bonds. The predicted octanol–water partition coefficient (Wildman–Crippen LogP) is 0.417. The highest BCUT2D eigenvalue weighted by Crippen LogP contribution is 2.22. The number of nitrogens with two attached hydrogens (primary N) is 1. The third-order valence-corrected chi connectivity index (χ3v) is 5.59. The summed E-state index contributed by atoms with van der Waals surface area (Å²) in [5.74, 6) is -1.55. The number of nitrogens with zero attached hydrogens (tertiary/aromatic N) is 2. The fourth-order valence-corrected chi connectivity index (χ4v) is 3.75. The summed E-state index contributed by atoms with van der Waals surface area (Å²) in [5.41, 5.74) is 2.44. The van der Waals surface area contributed by atoms with Gasteiger partial charge in [-0.1, -0.05) is 16.9 Å². The second kappa shape index (κ2) is 11.0. The number of amidine groups is 1. The van der Waals surface area contributed by atoms with Crippen LogP contribution in [0.5, 0.6) is 0 Å². The van der Waals surface area contributed by atoms with Crippen LogP contribution in [0.2, 0.25) is 0 Å². The van der Waals surface area contributed by atoms with Crippen LogP contribution < -0.4 is 21.7 Å². The van der Waals surface area contributed by atoms with Gasteiger partial charge in [0.1, 0.15) is 23.3 Å². The van der Waals surface area contributed by atoms with E-state index in [1.807, 2.05) is 0 Å². The third kappa shape index (κ3) is 8.36. The maximum absolute atomic E-state index is 13.1. The zero-order valence-electron chi connectivity index (χ0n) is 21.9. The van der Waals surface area contributed by atoms with Gasteiger partial charge in [-0.15, -0.1) is 0 Å². The number of hydrogen-bond acceptors (Lipinski definition) is 11. The van der Waals surface area contributed by atoms with E-state index < -0.39 is 52.9 Å². The maximum Gasteiger partial charge on any atom is 0.413 e. The largest absolute Gasteiger partial charge is 0.457 e. The molecule has 1 fully saturated rings. The van der Waals surface area contributed by atoms with Gasteiger partial charge in [0.2, 0.25) is 11.5 Å². The van der Waals surface area contributed by atoms with Crippen LogP contribution >= 0.6 is 11.8 Å². The lowest BCUT2D eigenvalue weighted by atomic mass is 9.98. The highest BCUT2D eigenvalue weighted by atomic mass is 32.2. The van der Waals surface area contributed by atoms with E-state index in [-0.39, 0.29) is 29.1 Å². The molecule has 2 rings (SSSR count). The molecule has 2 aliphatic rings. The van der Waals surface area contributed by atoms with Crippen LogP contribution in [0, 0.1) is 0 Å². The predicted molar refractivity (Wildman–Crippen MR) is 134 cm³/mol. The van der Waals surface area contributed by atoms with Gasteiger partial charge in [-0.3, -0.25) is 19.9 Å². The number of ether oxygens (including phenoxy) is 2. The Morgan fingerprint density at radius 1 is 1.11 bits per heavy atom.